The lowest BCUT2D eigenvalue weighted by Gasteiger charge is -2.09. The maximum Gasteiger partial charge on any atom is 0.276 e. The lowest BCUT2D eigenvalue weighted by Crippen LogP contribution is -2.24. The van der Waals surface area contributed by atoms with Crippen molar-refractivity contribution in [3.05, 3.63) is 100 Å². The highest BCUT2D eigenvalue weighted by atomic mass is 32.2. The van der Waals surface area contributed by atoms with Crippen molar-refractivity contribution in [3.8, 4) is 17.3 Å². The number of hydrogen-bond acceptors (Lipinski definition) is 7. The molecule has 0 saturated heterocycles. The molecule has 3 aromatic carbocycles. The molecule has 0 radical (unpaired) electrons. The molecule has 0 fully saturated rings. The minimum Gasteiger partial charge on any atom is -0.494 e. The van der Waals surface area contributed by atoms with Gasteiger partial charge in [-0.05, 0) is 42.7 Å². The summed E-state index contributed by atoms with van der Waals surface area (Å²) in [7, 11) is 0. The number of aromatic nitrogens is 4. The summed E-state index contributed by atoms with van der Waals surface area (Å²) in [4.78, 5) is 13.1. The van der Waals surface area contributed by atoms with E-state index in [2.05, 4.69) is 15.3 Å². The third kappa shape index (κ3) is 5.44. The second-order valence-corrected chi connectivity index (χ2v) is 9.13. The van der Waals surface area contributed by atoms with Crippen molar-refractivity contribution < 1.29 is 9.15 Å². The van der Waals surface area contributed by atoms with E-state index >= 15 is 0 Å². The highest BCUT2D eigenvalue weighted by Crippen LogP contribution is 2.27. The minimum absolute atomic E-state index is 0.157. The molecule has 35 heavy (non-hydrogen) atoms. The van der Waals surface area contributed by atoms with E-state index in [1.807, 2.05) is 79.7 Å². The molecule has 0 saturated carbocycles. The zero-order valence-corrected chi connectivity index (χ0v) is 20.1. The van der Waals surface area contributed by atoms with E-state index in [1.165, 1.54) is 22.0 Å². The Morgan fingerprint density at radius 1 is 0.943 bits per heavy atom. The molecule has 2 heterocycles. The SMILES string of the molecule is Cc1cccc(OCCCSc2nnc(-c3nn(Cc4ccccc4)c(=O)c4ccccc34)o2)c1. The van der Waals surface area contributed by atoms with Crippen LogP contribution >= 0.6 is 11.8 Å². The summed E-state index contributed by atoms with van der Waals surface area (Å²) in [5, 5.41) is 14.7. The quantitative estimate of drug-likeness (QED) is 0.206. The van der Waals surface area contributed by atoms with Crippen molar-refractivity contribution in [1.82, 2.24) is 20.0 Å². The maximum absolute atomic E-state index is 13.1. The van der Waals surface area contributed by atoms with Gasteiger partial charge in [0.05, 0.1) is 18.5 Å². The fraction of sp³-hybridized carbons (Fsp3) is 0.185. The van der Waals surface area contributed by atoms with E-state index in [4.69, 9.17) is 9.15 Å². The van der Waals surface area contributed by atoms with E-state index in [0.717, 1.165) is 23.5 Å². The Kier molecular flexibility index (Phi) is 6.90. The van der Waals surface area contributed by atoms with Crippen molar-refractivity contribution in [2.24, 2.45) is 0 Å². The van der Waals surface area contributed by atoms with Crippen LogP contribution in [-0.4, -0.2) is 32.3 Å². The van der Waals surface area contributed by atoms with Crippen LogP contribution < -0.4 is 10.3 Å². The van der Waals surface area contributed by atoms with Crippen LogP contribution in [0.2, 0.25) is 0 Å². The highest BCUT2D eigenvalue weighted by molar-refractivity contribution is 7.99. The molecule has 2 aromatic heterocycles. The van der Waals surface area contributed by atoms with E-state index in [1.54, 1.807) is 6.07 Å². The molecule has 0 spiro atoms. The molecule has 7 nitrogen and oxygen atoms in total. The van der Waals surface area contributed by atoms with Gasteiger partial charge in [0, 0.05) is 11.1 Å². The molecule has 0 bridgehead atoms. The van der Waals surface area contributed by atoms with Crippen molar-refractivity contribution in [2.45, 2.75) is 25.1 Å². The van der Waals surface area contributed by atoms with Gasteiger partial charge < -0.3 is 9.15 Å². The number of nitrogens with zero attached hydrogens (tertiary/aromatic N) is 4. The van der Waals surface area contributed by atoms with E-state index in [-0.39, 0.29) is 5.56 Å². The predicted molar refractivity (Wildman–Crippen MR) is 137 cm³/mol. The number of ether oxygens (including phenoxy) is 1. The fourth-order valence-electron chi connectivity index (χ4n) is 3.73. The number of thioether (sulfide) groups is 1. The number of hydrogen-bond donors (Lipinski definition) is 0. The van der Waals surface area contributed by atoms with E-state index < -0.39 is 0 Å². The van der Waals surface area contributed by atoms with Gasteiger partial charge in [0.1, 0.15) is 5.75 Å². The first-order chi connectivity index (χ1) is 17.2. The molecule has 0 aliphatic carbocycles. The van der Waals surface area contributed by atoms with Gasteiger partial charge in [0.15, 0.2) is 5.69 Å². The molecular weight excluding hydrogens is 460 g/mol. The van der Waals surface area contributed by atoms with Crippen LogP contribution in [0, 0.1) is 6.92 Å². The van der Waals surface area contributed by atoms with Gasteiger partial charge in [-0.15, -0.1) is 10.2 Å². The maximum atomic E-state index is 13.1. The van der Waals surface area contributed by atoms with Crippen LogP contribution in [-0.2, 0) is 6.54 Å². The van der Waals surface area contributed by atoms with E-state index in [9.17, 15) is 4.79 Å². The molecule has 0 unspecified atom stereocenters. The molecule has 5 aromatic rings. The van der Waals surface area contributed by atoms with Gasteiger partial charge in [-0.2, -0.15) is 5.10 Å². The first-order valence-corrected chi connectivity index (χ1v) is 12.4. The zero-order valence-electron chi connectivity index (χ0n) is 19.3. The average molecular weight is 485 g/mol. The van der Waals surface area contributed by atoms with E-state index in [0.29, 0.717) is 40.7 Å². The fourth-order valence-corrected chi connectivity index (χ4v) is 4.41. The van der Waals surface area contributed by atoms with Crippen LogP contribution in [0.4, 0.5) is 0 Å². The molecule has 0 aliphatic rings. The molecule has 176 valence electrons. The number of benzene rings is 3. The van der Waals surface area contributed by atoms with Gasteiger partial charge in [0.2, 0.25) is 0 Å². The molecular formula is C27H24N4O3S. The number of rotatable bonds is 9. The highest BCUT2D eigenvalue weighted by Gasteiger charge is 2.18. The van der Waals surface area contributed by atoms with Gasteiger partial charge in [-0.3, -0.25) is 4.79 Å². The monoisotopic (exact) mass is 484 g/mol. The third-order valence-electron chi connectivity index (χ3n) is 5.42. The van der Waals surface area contributed by atoms with Crippen molar-refractivity contribution in [3.63, 3.8) is 0 Å². The summed E-state index contributed by atoms with van der Waals surface area (Å²) in [6.45, 7) is 3.00. The van der Waals surface area contributed by atoms with Gasteiger partial charge in [0.25, 0.3) is 16.7 Å². The van der Waals surface area contributed by atoms with Gasteiger partial charge >= 0.3 is 0 Å². The topological polar surface area (TPSA) is 83.0 Å². The number of fused-ring (bicyclic) bond motifs is 1. The summed E-state index contributed by atoms with van der Waals surface area (Å²) in [6, 6.07) is 25.1. The Labute approximate surface area is 206 Å². The largest absolute Gasteiger partial charge is 0.494 e. The van der Waals surface area contributed by atoms with Crippen LogP contribution in [0.25, 0.3) is 22.4 Å². The Bertz CT molecular complexity index is 1500. The van der Waals surface area contributed by atoms with Gasteiger partial charge in [-0.1, -0.05) is 72.4 Å². The Morgan fingerprint density at radius 3 is 2.57 bits per heavy atom. The second kappa shape index (κ2) is 10.6. The van der Waals surface area contributed by atoms with Crippen LogP contribution in [0.15, 0.2) is 93.3 Å². The first kappa shape index (κ1) is 22.9. The summed E-state index contributed by atoms with van der Waals surface area (Å²) < 4.78 is 13.2. The standard InChI is InChI=1S/C27H24N4O3S/c1-19-9-7-12-21(17-19)33-15-8-16-35-27-29-28-25(34-27)24-22-13-5-6-14-23(22)26(32)31(30-24)18-20-10-3-2-4-11-20/h2-7,9-14,17H,8,15-16,18H2,1H3. The summed E-state index contributed by atoms with van der Waals surface area (Å²) in [6.07, 6.45) is 0.833. The van der Waals surface area contributed by atoms with Crippen molar-refractivity contribution in [1.29, 1.82) is 0 Å². The zero-order chi connectivity index (χ0) is 24.0. The molecule has 0 atom stereocenters. The number of aryl methyl sites for hydroxylation is 1. The molecule has 0 N–H and O–H groups in total. The van der Waals surface area contributed by atoms with Crippen LogP contribution in [0.3, 0.4) is 0 Å². The van der Waals surface area contributed by atoms with Crippen LogP contribution in [0.5, 0.6) is 5.75 Å². The average Bonchev–Trinajstić information content (AvgIpc) is 3.35. The van der Waals surface area contributed by atoms with Crippen LogP contribution in [0.1, 0.15) is 17.5 Å². The third-order valence-corrected chi connectivity index (χ3v) is 6.33. The Morgan fingerprint density at radius 2 is 1.74 bits per heavy atom. The minimum atomic E-state index is -0.157. The molecule has 8 heteroatoms. The summed E-state index contributed by atoms with van der Waals surface area (Å²) >= 11 is 1.47. The summed E-state index contributed by atoms with van der Waals surface area (Å²) in [5.74, 6) is 1.94. The predicted octanol–water partition coefficient (Wildman–Crippen LogP) is 5.36. The normalized spacial score (nSPS) is 11.1. The smallest absolute Gasteiger partial charge is 0.276 e. The Hall–Kier alpha value is -3.91. The first-order valence-electron chi connectivity index (χ1n) is 11.4. The molecule has 5 rings (SSSR count). The molecule has 0 amide bonds. The van der Waals surface area contributed by atoms with Gasteiger partial charge in [-0.25, -0.2) is 4.68 Å². The van der Waals surface area contributed by atoms with Crippen molar-refractivity contribution in [2.75, 3.05) is 12.4 Å². The molecule has 0 aliphatic heterocycles. The summed E-state index contributed by atoms with van der Waals surface area (Å²) in [5.41, 5.74) is 2.50. The Balaban J connectivity index is 1.31. The lowest BCUT2D eigenvalue weighted by molar-refractivity contribution is 0.318. The van der Waals surface area contributed by atoms with Crippen molar-refractivity contribution >= 4 is 22.5 Å². The second-order valence-electron chi connectivity index (χ2n) is 8.08. The lowest BCUT2D eigenvalue weighted by atomic mass is 10.1.